The van der Waals surface area contributed by atoms with Gasteiger partial charge in [-0.3, -0.25) is 9.59 Å². The van der Waals surface area contributed by atoms with E-state index in [0.29, 0.717) is 25.4 Å². The maximum absolute atomic E-state index is 12.6. The number of amides is 2. The molecule has 2 heterocycles. The van der Waals surface area contributed by atoms with Gasteiger partial charge < -0.3 is 24.0 Å². The van der Waals surface area contributed by atoms with E-state index < -0.39 is 0 Å². The van der Waals surface area contributed by atoms with Crippen LogP contribution in [0.4, 0.5) is 0 Å². The van der Waals surface area contributed by atoms with Gasteiger partial charge in [0, 0.05) is 19.6 Å². The molecular weight excluding hydrogens is 372 g/mol. The smallest absolute Gasteiger partial charge is 0.260 e. The molecule has 2 aromatic carbocycles. The average molecular weight is 396 g/mol. The quantitative estimate of drug-likeness (QED) is 0.744. The van der Waals surface area contributed by atoms with Crippen LogP contribution in [0.15, 0.2) is 54.6 Å². The molecule has 0 aromatic heterocycles. The third-order valence-corrected chi connectivity index (χ3v) is 5.35. The van der Waals surface area contributed by atoms with Gasteiger partial charge in [-0.05, 0) is 29.8 Å². The van der Waals surface area contributed by atoms with E-state index in [1.54, 1.807) is 12.0 Å². The second-order valence-electron chi connectivity index (χ2n) is 7.19. The maximum Gasteiger partial charge on any atom is 0.260 e. The molecule has 0 N–H and O–H groups in total. The summed E-state index contributed by atoms with van der Waals surface area (Å²) >= 11 is 0. The first kappa shape index (κ1) is 19.3. The number of carbonyl (C=O) groups is 2. The molecule has 2 fully saturated rings. The summed E-state index contributed by atoms with van der Waals surface area (Å²) in [7, 11) is 1.62. The molecule has 2 aliphatic heterocycles. The lowest BCUT2D eigenvalue weighted by atomic mass is 10.1. The number of morpholine rings is 1. The summed E-state index contributed by atoms with van der Waals surface area (Å²) in [6, 6.07) is 16.7. The van der Waals surface area contributed by atoms with Crippen molar-refractivity contribution in [2.24, 2.45) is 0 Å². The summed E-state index contributed by atoms with van der Waals surface area (Å²) in [6.45, 7) is 1.41. The number of ether oxygens (including phenoxy) is 3. The number of methoxy groups -OCH3 is 1. The molecule has 2 aromatic rings. The van der Waals surface area contributed by atoms with Crippen LogP contribution >= 0.6 is 0 Å². The van der Waals surface area contributed by atoms with E-state index in [1.807, 2.05) is 59.5 Å². The van der Waals surface area contributed by atoms with Gasteiger partial charge in [0.05, 0.1) is 19.3 Å². The number of fused-ring (bicyclic) bond motifs is 1. The van der Waals surface area contributed by atoms with Crippen LogP contribution < -0.4 is 9.47 Å². The highest BCUT2D eigenvalue weighted by atomic mass is 16.5. The largest absolute Gasteiger partial charge is 0.497 e. The number of hydrogen-bond donors (Lipinski definition) is 0. The topological polar surface area (TPSA) is 68.3 Å². The molecule has 2 aliphatic rings. The van der Waals surface area contributed by atoms with Gasteiger partial charge in [-0.2, -0.15) is 0 Å². The Morgan fingerprint density at radius 1 is 1.07 bits per heavy atom. The highest BCUT2D eigenvalue weighted by Gasteiger charge is 2.44. The highest BCUT2D eigenvalue weighted by Crippen LogP contribution is 2.26. The van der Waals surface area contributed by atoms with E-state index in [2.05, 4.69) is 0 Å². The van der Waals surface area contributed by atoms with Crippen molar-refractivity contribution in [1.82, 2.24) is 9.80 Å². The number of benzene rings is 2. The molecule has 0 aliphatic carbocycles. The average Bonchev–Trinajstić information content (AvgIpc) is 3.20. The predicted molar refractivity (Wildman–Crippen MR) is 106 cm³/mol. The maximum atomic E-state index is 12.6. The molecule has 152 valence electrons. The van der Waals surface area contributed by atoms with Gasteiger partial charge in [0.15, 0.2) is 6.61 Å². The molecule has 2 atom stereocenters. The van der Waals surface area contributed by atoms with E-state index in [1.165, 1.54) is 0 Å². The number of carbonyl (C=O) groups excluding carboxylic acids is 2. The molecule has 29 heavy (non-hydrogen) atoms. The Labute approximate surface area is 169 Å². The lowest BCUT2D eigenvalue weighted by Gasteiger charge is -2.36. The van der Waals surface area contributed by atoms with Crippen molar-refractivity contribution in [2.75, 3.05) is 33.4 Å². The predicted octanol–water partition coefficient (Wildman–Crippen LogP) is 1.71. The monoisotopic (exact) mass is 396 g/mol. The van der Waals surface area contributed by atoms with Crippen LogP contribution in [0.2, 0.25) is 0 Å². The van der Waals surface area contributed by atoms with Gasteiger partial charge in [0.1, 0.15) is 18.1 Å². The number of nitrogens with zero attached hydrogens (tertiary/aromatic N) is 2. The van der Waals surface area contributed by atoms with Crippen LogP contribution in [0.3, 0.4) is 0 Å². The second-order valence-corrected chi connectivity index (χ2v) is 7.19. The van der Waals surface area contributed by atoms with E-state index in [9.17, 15) is 9.59 Å². The Hall–Kier alpha value is -3.06. The highest BCUT2D eigenvalue weighted by molar-refractivity contribution is 5.80. The molecule has 2 saturated heterocycles. The van der Waals surface area contributed by atoms with Gasteiger partial charge >= 0.3 is 0 Å². The summed E-state index contributed by atoms with van der Waals surface area (Å²) in [6.07, 6.45) is -0.174. The Kier molecular flexibility index (Phi) is 5.67. The van der Waals surface area contributed by atoms with Gasteiger partial charge in [-0.15, -0.1) is 0 Å². The van der Waals surface area contributed by atoms with E-state index in [-0.39, 0.29) is 37.2 Å². The van der Waals surface area contributed by atoms with Crippen molar-refractivity contribution in [3.63, 3.8) is 0 Å². The summed E-state index contributed by atoms with van der Waals surface area (Å²) in [5.41, 5.74) is 1.01. The summed E-state index contributed by atoms with van der Waals surface area (Å²) < 4.78 is 16.5. The summed E-state index contributed by atoms with van der Waals surface area (Å²) in [4.78, 5) is 28.6. The van der Waals surface area contributed by atoms with Crippen LogP contribution in [0.5, 0.6) is 11.5 Å². The van der Waals surface area contributed by atoms with Crippen LogP contribution in [-0.4, -0.2) is 67.2 Å². The summed E-state index contributed by atoms with van der Waals surface area (Å²) in [5.74, 6) is 1.27. The van der Waals surface area contributed by atoms with Crippen molar-refractivity contribution in [3.8, 4) is 11.5 Å². The fraction of sp³-hybridized carbons (Fsp3) is 0.364. The van der Waals surface area contributed by atoms with Crippen molar-refractivity contribution in [2.45, 2.75) is 18.7 Å². The standard InChI is InChI=1S/C22H24N2O5/c1-27-17-9-7-16(8-10-17)11-24-19-12-23(13-20(19)29-15-22(24)26)21(25)14-28-18-5-3-2-4-6-18/h2-10,19-20H,11-15H2,1H3/t19-,20+/m1/s1. The number of para-hydroxylation sites is 1. The minimum atomic E-state index is -0.174. The fourth-order valence-corrected chi connectivity index (χ4v) is 3.76. The number of hydrogen-bond acceptors (Lipinski definition) is 5. The second kappa shape index (κ2) is 8.53. The zero-order valence-corrected chi connectivity index (χ0v) is 16.3. The minimum Gasteiger partial charge on any atom is -0.497 e. The Balaban J connectivity index is 1.39. The van der Waals surface area contributed by atoms with Gasteiger partial charge in [0.2, 0.25) is 5.91 Å². The van der Waals surface area contributed by atoms with Gasteiger partial charge in [-0.1, -0.05) is 30.3 Å². The molecule has 2 amide bonds. The van der Waals surface area contributed by atoms with Gasteiger partial charge in [-0.25, -0.2) is 0 Å². The normalized spacial score (nSPS) is 21.1. The fourth-order valence-electron chi connectivity index (χ4n) is 3.76. The van der Waals surface area contributed by atoms with Crippen LogP contribution in [-0.2, 0) is 20.9 Å². The third kappa shape index (κ3) is 4.35. The molecule has 7 heteroatoms. The zero-order valence-electron chi connectivity index (χ0n) is 16.3. The Bertz CT molecular complexity index is 855. The lowest BCUT2D eigenvalue weighted by molar-refractivity contribution is -0.153. The van der Waals surface area contributed by atoms with Crippen molar-refractivity contribution < 1.29 is 23.8 Å². The first-order chi connectivity index (χ1) is 14.1. The van der Waals surface area contributed by atoms with E-state index in [0.717, 1.165) is 11.3 Å². The van der Waals surface area contributed by atoms with Crippen LogP contribution in [0.25, 0.3) is 0 Å². The molecule has 0 saturated carbocycles. The van der Waals surface area contributed by atoms with Crippen molar-refractivity contribution in [1.29, 1.82) is 0 Å². The lowest BCUT2D eigenvalue weighted by Crippen LogP contribution is -2.53. The SMILES string of the molecule is COc1ccc(CN2C(=O)CO[C@H]3CN(C(=O)COc4ccccc4)C[C@H]32)cc1. The zero-order chi connectivity index (χ0) is 20.2. The molecule has 0 unspecified atom stereocenters. The van der Waals surface area contributed by atoms with Gasteiger partial charge in [0.25, 0.3) is 5.91 Å². The molecule has 0 radical (unpaired) electrons. The summed E-state index contributed by atoms with van der Waals surface area (Å²) in [5, 5.41) is 0. The van der Waals surface area contributed by atoms with Crippen LogP contribution in [0.1, 0.15) is 5.56 Å². The third-order valence-electron chi connectivity index (χ3n) is 5.35. The van der Waals surface area contributed by atoms with E-state index in [4.69, 9.17) is 14.2 Å². The number of rotatable bonds is 6. The van der Waals surface area contributed by atoms with Crippen LogP contribution in [0, 0.1) is 0 Å². The molecule has 7 nitrogen and oxygen atoms in total. The molecule has 0 spiro atoms. The Morgan fingerprint density at radius 3 is 2.55 bits per heavy atom. The first-order valence-corrected chi connectivity index (χ1v) is 9.63. The van der Waals surface area contributed by atoms with Crippen molar-refractivity contribution >= 4 is 11.8 Å². The molecular formula is C22H24N2O5. The molecule has 4 rings (SSSR count). The Morgan fingerprint density at radius 2 is 1.83 bits per heavy atom. The minimum absolute atomic E-state index is 0.0319. The van der Waals surface area contributed by atoms with E-state index >= 15 is 0 Å². The molecule has 0 bridgehead atoms. The first-order valence-electron chi connectivity index (χ1n) is 9.63. The number of likely N-dealkylation sites (tertiary alicyclic amines) is 1. The van der Waals surface area contributed by atoms with Crippen molar-refractivity contribution in [3.05, 3.63) is 60.2 Å².